The monoisotopic (exact) mass is 417 g/mol. The summed E-state index contributed by atoms with van der Waals surface area (Å²) in [6.45, 7) is 2.17. The first-order valence-corrected chi connectivity index (χ1v) is 8.49. The second-order valence-electron chi connectivity index (χ2n) is 4.00. The summed E-state index contributed by atoms with van der Waals surface area (Å²) in [5.41, 5.74) is 0.871. The summed E-state index contributed by atoms with van der Waals surface area (Å²) in [4.78, 5) is 13.0. The molecule has 1 aromatic heterocycles. The van der Waals surface area contributed by atoms with Crippen molar-refractivity contribution in [1.82, 2.24) is 0 Å². The summed E-state index contributed by atoms with van der Waals surface area (Å²) < 4.78 is 7.10. The number of hydrogen-bond donors (Lipinski definition) is 1. The molecule has 6 heteroatoms. The number of ether oxygens (including phenoxy) is 1. The van der Waals surface area contributed by atoms with Crippen molar-refractivity contribution in [3.05, 3.63) is 49.5 Å². The number of anilines is 1. The zero-order chi connectivity index (χ0) is 14.5. The maximum atomic E-state index is 12.1. The highest BCUT2D eigenvalue weighted by Gasteiger charge is 2.23. The normalized spacial score (nSPS) is 11.9. The van der Waals surface area contributed by atoms with Gasteiger partial charge in [0.1, 0.15) is 0 Å². The lowest BCUT2D eigenvalue weighted by molar-refractivity contribution is -0.144. The summed E-state index contributed by atoms with van der Waals surface area (Å²) in [7, 11) is 0. The van der Waals surface area contributed by atoms with Gasteiger partial charge in [0.05, 0.1) is 6.61 Å². The molecule has 20 heavy (non-hydrogen) atoms. The van der Waals surface area contributed by atoms with E-state index in [1.165, 1.54) is 11.3 Å². The minimum atomic E-state index is -0.493. The lowest BCUT2D eigenvalue weighted by Crippen LogP contribution is -2.22. The average molecular weight is 419 g/mol. The van der Waals surface area contributed by atoms with Crippen molar-refractivity contribution in [2.24, 2.45) is 0 Å². The zero-order valence-electron chi connectivity index (χ0n) is 10.7. The van der Waals surface area contributed by atoms with E-state index in [9.17, 15) is 4.79 Å². The molecule has 0 bridgehead atoms. The summed E-state index contributed by atoms with van der Waals surface area (Å²) in [6.07, 6.45) is 0. The molecule has 106 valence electrons. The van der Waals surface area contributed by atoms with Gasteiger partial charge in [0.2, 0.25) is 0 Å². The zero-order valence-corrected chi connectivity index (χ0v) is 14.7. The van der Waals surface area contributed by atoms with Crippen molar-refractivity contribution in [3.63, 3.8) is 0 Å². The van der Waals surface area contributed by atoms with Crippen LogP contribution in [0.4, 0.5) is 5.69 Å². The lowest BCUT2D eigenvalue weighted by atomic mass is 10.2. The van der Waals surface area contributed by atoms with Gasteiger partial charge in [0, 0.05) is 24.9 Å². The van der Waals surface area contributed by atoms with E-state index in [1.54, 1.807) is 6.92 Å². The molecule has 2 rings (SSSR count). The first kappa shape index (κ1) is 15.5. The molecule has 0 aliphatic carbocycles. The van der Waals surface area contributed by atoms with Gasteiger partial charge in [-0.25, -0.2) is 4.79 Å². The molecular formula is C14H13Br2NO2S. The van der Waals surface area contributed by atoms with Crippen LogP contribution in [0.25, 0.3) is 0 Å². The van der Waals surface area contributed by atoms with Crippen LogP contribution in [0.2, 0.25) is 0 Å². The highest BCUT2D eigenvalue weighted by Crippen LogP contribution is 2.29. The van der Waals surface area contributed by atoms with Gasteiger partial charge in [0.25, 0.3) is 0 Å². The highest BCUT2D eigenvalue weighted by molar-refractivity contribution is 9.10. The number of benzene rings is 1. The van der Waals surface area contributed by atoms with Crippen LogP contribution in [0.5, 0.6) is 0 Å². The van der Waals surface area contributed by atoms with Gasteiger partial charge in [0.15, 0.2) is 6.04 Å². The lowest BCUT2D eigenvalue weighted by Gasteiger charge is -2.17. The van der Waals surface area contributed by atoms with Gasteiger partial charge in [-0.15, -0.1) is 11.3 Å². The minimum absolute atomic E-state index is 0.273. The standard InChI is InChI=1S/C14H13Br2NO2S/c1-2-19-14(18)13(12-7-10(16)8-20-12)17-11-5-3-9(15)4-6-11/h3-8,13,17H,2H2,1H3. The number of halogens is 2. The maximum absolute atomic E-state index is 12.1. The van der Waals surface area contributed by atoms with Crippen LogP contribution in [0, 0.1) is 0 Å². The Labute approximate surface area is 138 Å². The number of carbonyl (C=O) groups is 1. The molecule has 0 spiro atoms. The Bertz CT molecular complexity index is 583. The molecule has 0 aliphatic heterocycles. The third kappa shape index (κ3) is 4.07. The van der Waals surface area contributed by atoms with Gasteiger partial charge in [-0.3, -0.25) is 0 Å². The first-order chi connectivity index (χ1) is 9.60. The Morgan fingerprint density at radius 2 is 2.00 bits per heavy atom. The molecule has 1 heterocycles. The number of thiophene rings is 1. The molecule has 1 unspecified atom stereocenters. The van der Waals surface area contributed by atoms with Gasteiger partial charge < -0.3 is 10.1 Å². The Hall–Kier alpha value is -0.850. The topological polar surface area (TPSA) is 38.3 Å². The van der Waals surface area contributed by atoms with Gasteiger partial charge >= 0.3 is 5.97 Å². The third-order valence-corrected chi connectivity index (χ3v) is 4.84. The molecule has 0 saturated carbocycles. The van der Waals surface area contributed by atoms with Crippen LogP contribution in [0.15, 0.2) is 44.7 Å². The van der Waals surface area contributed by atoms with Crippen LogP contribution in [-0.2, 0) is 9.53 Å². The molecule has 3 nitrogen and oxygen atoms in total. The maximum Gasteiger partial charge on any atom is 0.334 e. The average Bonchev–Trinajstić information content (AvgIpc) is 2.84. The summed E-state index contributed by atoms with van der Waals surface area (Å²) in [6, 6.07) is 9.12. The quantitative estimate of drug-likeness (QED) is 0.695. The SMILES string of the molecule is CCOC(=O)C(Nc1ccc(Br)cc1)c1cc(Br)cs1. The van der Waals surface area contributed by atoms with E-state index in [1.807, 2.05) is 35.7 Å². The van der Waals surface area contributed by atoms with E-state index in [0.29, 0.717) is 6.61 Å². The van der Waals surface area contributed by atoms with E-state index < -0.39 is 6.04 Å². The number of carbonyl (C=O) groups excluding carboxylic acids is 1. The van der Waals surface area contributed by atoms with Gasteiger partial charge in [-0.05, 0) is 53.2 Å². The number of nitrogens with one attached hydrogen (secondary N) is 1. The number of hydrogen-bond acceptors (Lipinski definition) is 4. The van der Waals surface area contributed by atoms with Crippen LogP contribution >= 0.6 is 43.2 Å². The summed E-state index contributed by atoms with van der Waals surface area (Å²) in [5, 5.41) is 5.16. The first-order valence-electron chi connectivity index (χ1n) is 6.03. The summed E-state index contributed by atoms with van der Waals surface area (Å²) in [5.74, 6) is -0.273. The van der Waals surface area contributed by atoms with Crippen molar-refractivity contribution in [2.75, 3.05) is 11.9 Å². The van der Waals surface area contributed by atoms with Crippen molar-refractivity contribution in [3.8, 4) is 0 Å². The van der Waals surface area contributed by atoms with Crippen molar-refractivity contribution in [1.29, 1.82) is 0 Å². The fourth-order valence-corrected chi connectivity index (χ4v) is 3.41. The Morgan fingerprint density at radius 1 is 1.30 bits per heavy atom. The van der Waals surface area contributed by atoms with E-state index in [-0.39, 0.29) is 5.97 Å². The van der Waals surface area contributed by atoms with E-state index in [0.717, 1.165) is 19.5 Å². The molecule has 0 fully saturated rings. The second kappa shape index (κ2) is 7.24. The van der Waals surface area contributed by atoms with Crippen LogP contribution in [0.3, 0.4) is 0 Å². The smallest absolute Gasteiger partial charge is 0.334 e. The third-order valence-electron chi connectivity index (χ3n) is 2.55. The van der Waals surface area contributed by atoms with Crippen LogP contribution < -0.4 is 5.32 Å². The molecule has 0 saturated heterocycles. The Morgan fingerprint density at radius 3 is 2.55 bits per heavy atom. The minimum Gasteiger partial charge on any atom is -0.464 e. The van der Waals surface area contributed by atoms with Crippen LogP contribution in [0.1, 0.15) is 17.8 Å². The number of rotatable bonds is 5. The van der Waals surface area contributed by atoms with E-state index >= 15 is 0 Å². The Kier molecular flexibility index (Phi) is 5.63. The van der Waals surface area contributed by atoms with Crippen molar-refractivity contribution < 1.29 is 9.53 Å². The number of esters is 1. The molecule has 0 radical (unpaired) electrons. The predicted molar refractivity (Wildman–Crippen MR) is 89.2 cm³/mol. The fourth-order valence-electron chi connectivity index (χ4n) is 1.66. The summed E-state index contributed by atoms with van der Waals surface area (Å²) >= 11 is 8.31. The molecular weight excluding hydrogens is 406 g/mol. The second-order valence-corrected chi connectivity index (χ2v) is 6.78. The van der Waals surface area contributed by atoms with E-state index in [2.05, 4.69) is 37.2 Å². The molecule has 1 atom stereocenters. The molecule has 1 aromatic carbocycles. The van der Waals surface area contributed by atoms with E-state index in [4.69, 9.17) is 4.74 Å². The molecule has 1 N–H and O–H groups in total. The molecule has 0 aliphatic rings. The van der Waals surface area contributed by atoms with Crippen molar-refractivity contribution in [2.45, 2.75) is 13.0 Å². The molecule has 2 aromatic rings. The predicted octanol–water partition coefficient (Wildman–Crippen LogP) is 4.99. The fraction of sp³-hybridized carbons (Fsp3) is 0.214. The highest BCUT2D eigenvalue weighted by atomic mass is 79.9. The Balaban J connectivity index is 2.22. The largest absolute Gasteiger partial charge is 0.464 e. The van der Waals surface area contributed by atoms with Gasteiger partial charge in [-0.1, -0.05) is 15.9 Å². The van der Waals surface area contributed by atoms with Crippen LogP contribution in [-0.4, -0.2) is 12.6 Å². The molecule has 0 amide bonds. The van der Waals surface area contributed by atoms with Gasteiger partial charge in [-0.2, -0.15) is 0 Å². The van der Waals surface area contributed by atoms with Crippen molar-refractivity contribution >= 4 is 54.9 Å².